The van der Waals surface area contributed by atoms with E-state index in [0.717, 1.165) is 4.68 Å². The quantitative estimate of drug-likeness (QED) is 0.629. The van der Waals surface area contributed by atoms with Crippen LogP contribution in [0.15, 0.2) is 48.6 Å². The summed E-state index contributed by atoms with van der Waals surface area (Å²) in [5.41, 5.74) is 0.386. The fourth-order valence-electron chi connectivity index (χ4n) is 2.23. The summed E-state index contributed by atoms with van der Waals surface area (Å²) >= 11 is 3.15. The number of ether oxygens (including phenoxy) is 2. The Bertz CT molecular complexity index is 986. The predicted molar refractivity (Wildman–Crippen MR) is 83.1 cm³/mol. The number of rotatable bonds is 4. The first-order valence-corrected chi connectivity index (χ1v) is 7.66. The van der Waals surface area contributed by atoms with Crippen molar-refractivity contribution in [3.8, 4) is 23.1 Å². The van der Waals surface area contributed by atoms with Gasteiger partial charge in [-0.25, -0.2) is 4.79 Å². The summed E-state index contributed by atoms with van der Waals surface area (Å²) in [5, 5.41) is 3.98. The molecule has 0 unspecified atom stereocenters. The number of carbonyl (C=O) groups is 1. The van der Waals surface area contributed by atoms with Crippen LogP contribution in [-0.2, 0) is 6.54 Å². The first kappa shape index (κ1) is 14.8. The first-order chi connectivity index (χ1) is 11.6. The van der Waals surface area contributed by atoms with Crippen molar-refractivity contribution in [2.24, 2.45) is 0 Å². The van der Waals surface area contributed by atoms with E-state index < -0.39 is 5.76 Å². The van der Waals surface area contributed by atoms with Gasteiger partial charge in [-0.3, -0.25) is 4.79 Å². The molecular weight excluding hydrogens is 384 g/mol. The molecular formula is C15H9BrN2O6. The second-order valence-electron chi connectivity index (χ2n) is 4.93. The van der Waals surface area contributed by atoms with Crippen LogP contribution in [0.2, 0.25) is 0 Å². The molecule has 0 fully saturated rings. The number of nitrogens with zero attached hydrogens (tertiary/aromatic N) is 2. The SMILES string of the molecule is O=C(Cn1nc(-c2ccc(Br)o2)oc1=O)c1ccc2c(c1)OCO2. The van der Waals surface area contributed by atoms with Gasteiger partial charge in [-0.2, -0.15) is 4.68 Å². The summed E-state index contributed by atoms with van der Waals surface area (Å²) in [5.74, 6) is 0.310. The Morgan fingerprint density at radius 2 is 2.00 bits per heavy atom. The minimum Gasteiger partial charge on any atom is -0.454 e. The minimum atomic E-state index is -0.744. The number of hydrogen-bond acceptors (Lipinski definition) is 7. The summed E-state index contributed by atoms with van der Waals surface area (Å²) in [4.78, 5) is 24.2. The molecule has 0 atom stereocenters. The van der Waals surface area contributed by atoms with Gasteiger partial charge in [0.2, 0.25) is 6.79 Å². The molecule has 0 bridgehead atoms. The third kappa shape index (κ3) is 2.62. The summed E-state index contributed by atoms with van der Waals surface area (Å²) in [6, 6.07) is 8.06. The van der Waals surface area contributed by atoms with E-state index in [9.17, 15) is 9.59 Å². The number of ketones is 1. The van der Waals surface area contributed by atoms with Crippen LogP contribution in [0.5, 0.6) is 11.5 Å². The third-order valence-electron chi connectivity index (χ3n) is 3.38. The highest BCUT2D eigenvalue weighted by atomic mass is 79.9. The molecule has 2 aromatic heterocycles. The molecule has 3 heterocycles. The Labute approximate surface area is 142 Å². The molecule has 0 aliphatic carbocycles. The number of Topliss-reactive ketones (excluding diaryl/α,β-unsaturated/α-hetero) is 1. The monoisotopic (exact) mass is 392 g/mol. The van der Waals surface area contributed by atoms with E-state index in [1.54, 1.807) is 30.3 Å². The van der Waals surface area contributed by atoms with Crippen LogP contribution >= 0.6 is 15.9 Å². The minimum absolute atomic E-state index is 0.00388. The van der Waals surface area contributed by atoms with E-state index in [1.807, 2.05) is 0 Å². The summed E-state index contributed by atoms with van der Waals surface area (Å²) < 4.78 is 22.1. The second-order valence-corrected chi connectivity index (χ2v) is 5.71. The Morgan fingerprint density at radius 1 is 1.17 bits per heavy atom. The van der Waals surface area contributed by atoms with Crippen LogP contribution < -0.4 is 15.2 Å². The molecule has 122 valence electrons. The van der Waals surface area contributed by atoms with E-state index >= 15 is 0 Å². The molecule has 0 spiro atoms. The number of carbonyl (C=O) groups excluding carboxylic acids is 1. The smallest absolute Gasteiger partial charge is 0.437 e. The van der Waals surface area contributed by atoms with Gasteiger partial charge < -0.3 is 18.3 Å². The summed E-state index contributed by atoms with van der Waals surface area (Å²) in [6.07, 6.45) is 0. The Morgan fingerprint density at radius 3 is 2.79 bits per heavy atom. The van der Waals surface area contributed by atoms with Crippen LogP contribution in [-0.4, -0.2) is 22.4 Å². The molecule has 3 aromatic rings. The van der Waals surface area contributed by atoms with Crippen LogP contribution in [0.1, 0.15) is 10.4 Å². The number of halogens is 1. The highest BCUT2D eigenvalue weighted by Gasteiger charge is 2.19. The standard InChI is InChI=1S/C15H9BrN2O6/c16-13-4-3-11(23-13)14-17-18(15(20)24-14)6-9(19)8-1-2-10-12(5-8)22-7-21-10/h1-5H,6-7H2. The van der Waals surface area contributed by atoms with Gasteiger partial charge in [-0.1, -0.05) is 0 Å². The maximum Gasteiger partial charge on any atom is 0.437 e. The van der Waals surface area contributed by atoms with E-state index in [4.69, 9.17) is 18.3 Å². The molecule has 1 aliphatic heterocycles. The van der Waals surface area contributed by atoms with Crippen LogP contribution in [0.4, 0.5) is 0 Å². The van der Waals surface area contributed by atoms with Crippen molar-refractivity contribution in [2.75, 3.05) is 6.79 Å². The fraction of sp³-hybridized carbons (Fsp3) is 0.133. The molecule has 0 saturated heterocycles. The van der Waals surface area contributed by atoms with Crippen molar-refractivity contribution in [1.82, 2.24) is 9.78 Å². The van der Waals surface area contributed by atoms with Gasteiger partial charge >= 0.3 is 5.76 Å². The van der Waals surface area contributed by atoms with Crippen LogP contribution in [0.3, 0.4) is 0 Å². The number of aromatic nitrogens is 2. The van der Waals surface area contributed by atoms with Gasteiger partial charge in [0, 0.05) is 5.56 Å². The zero-order valence-corrected chi connectivity index (χ0v) is 13.6. The molecule has 1 aliphatic rings. The normalized spacial score (nSPS) is 12.5. The average Bonchev–Trinajstić information content (AvgIpc) is 3.27. The van der Waals surface area contributed by atoms with E-state index in [2.05, 4.69) is 21.0 Å². The van der Waals surface area contributed by atoms with Gasteiger partial charge in [0.15, 0.2) is 27.7 Å². The lowest BCUT2D eigenvalue weighted by Crippen LogP contribution is -2.21. The Kier molecular flexibility index (Phi) is 3.49. The second kappa shape index (κ2) is 5.68. The van der Waals surface area contributed by atoms with Gasteiger partial charge in [-0.15, -0.1) is 5.10 Å². The molecule has 8 nitrogen and oxygen atoms in total. The fourth-order valence-corrected chi connectivity index (χ4v) is 2.54. The maximum absolute atomic E-state index is 12.3. The third-order valence-corrected chi connectivity index (χ3v) is 3.80. The van der Waals surface area contributed by atoms with Crippen LogP contribution in [0, 0.1) is 0 Å². The topological polar surface area (TPSA) is 96.7 Å². The highest BCUT2D eigenvalue weighted by Crippen LogP contribution is 2.32. The number of furan rings is 1. The van der Waals surface area contributed by atoms with Crippen molar-refractivity contribution in [2.45, 2.75) is 6.54 Å². The number of hydrogen-bond donors (Lipinski definition) is 0. The van der Waals surface area contributed by atoms with E-state index in [0.29, 0.717) is 21.7 Å². The Balaban J connectivity index is 1.58. The van der Waals surface area contributed by atoms with Crippen molar-refractivity contribution in [3.63, 3.8) is 0 Å². The van der Waals surface area contributed by atoms with Crippen molar-refractivity contribution in [3.05, 3.63) is 51.1 Å². The van der Waals surface area contributed by atoms with E-state index in [-0.39, 0.29) is 30.8 Å². The van der Waals surface area contributed by atoms with Crippen LogP contribution in [0.25, 0.3) is 11.7 Å². The Hall–Kier alpha value is -2.81. The molecule has 0 radical (unpaired) electrons. The summed E-state index contributed by atoms with van der Waals surface area (Å²) in [6.45, 7) is -0.137. The predicted octanol–water partition coefficient (Wildman–Crippen LogP) is 2.47. The van der Waals surface area contributed by atoms with Gasteiger partial charge in [0.1, 0.15) is 6.54 Å². The average molecular weight is 393 g/mol. The highest BCUT2D eigenvalue weighted by molar-refractivity contribution is 9.10. The zero-order valence-electron chi connectivity index (χ0n) is 12.0. The van der Waals surface area contributed by atoms with E-state index in [1.165, 1.54) is 0 Å². The summed E-state index contributed by atoms with van der Waals surface area (Å²) in [7, 11) is 0. The van der Waals surface area contributed by atoms with Gasteiger partial charge in [0.05, 0.1) is 0 Å². The maximum atomic E-state index is 12.3. The molecule has 0 N–H and O–H groups in total. The number of fused-ring (bicyclic) bond motifs is 1. The molecule has 9 heteroatoms. The lowest BCUT2D eigenvalue weighted by molar-refractivity contribution is 0.0964. The van der Waals surface area contributed by atoms with Crippen molar-refractivity contribution < 1.29 is 23.1 Å². The first-order valence-electron chi connectivity index (χ1n) is 6.87. The lowest BCUT2D eigenvalue weighted by Gasteiger charge is -2.01. The number of benzene rings is 1. The lowest BCUT2D eigenvalue weighted by atomic mass is 10.1. The zero-order chi connectivity index (χ0) is 16.7. The molecule has 0 saturated carbocycles. The van der Waals surface area contributed by atoms with Crippen molar-refractivity contribution >= 4 is 21.7 Å². The van der Waals surface area contributed by atoms with Gasteiger partial charge in [-0.05, 0) is 46.3 Å². The molecule has 0 amide bonds. The van der Waals surface area contributed by atoms with Gasteiger partial charge in [0.25, 0.3) is 5.89 Å². The molecule has 1 aromatic carbocycles. The largest absolute Gasteiger partial charge is 0.454 e. The molecule has 4 rings (SSSR count). The van der Waals surface area contributed by atoms with Crippen molar-refractivity contribution in [1.29, 1.82) is 0 Å². The molecule has 24 heavy (non-hydrogen) atoms.